The van der Waals surface area contributed by atoms with Gasteiger partial charge in [-0.2, -0.15) is 0 Å². The number of amides is 1. The molecule has 0 aromatic heterocycles. The average molecular weight is 225 g/mol. The van der Waals surface area contributed by atoms with Crippen molar-refractivity contribution in [1.29, 1.82) is 0 Å². The lowest BCUT2D eigenvalue weighted by molar-refractivity contribution is -0.122. The second kappa shape index (κ2) is 7.41. The van der Waals surface area contributed by atoms with Crippen LogP contribution in [0.5, 0.6) is 0 Å². The van der Waals surface area contributed by atoms with Crippen LogP contribution in [0.25, 0.3) is 0 Å². The second-order valence-electron chi connectivity index (χ2n) is 4.21. The Morgan fingerprint density at radius 2 is 2.50 bits per heavy atom. The first-order valence-electron chi connectivity index (χ1n) is 6.09. The van der Waals surface area contributed by atoms with Crippen molar-refractivity contribution in [2.75, 3.05) is 32.7 Å². The van der Waals surface area contributed by atoms with Crippen molar-refractivity contribution in [2.45, 2.75) is 25.8 Å². The van der Waals surface area contributed by atoms with E-state index < -0.39 is 0 Å². The summed E-state index contributed by atoms with van der Waals surface area (Å²) in [6, 6.07) is 0.562. The molecule has 2 N–H and O–H groups in total. The van der Waals surface area contributed by atoms with Gasteiger partial charge in [0.15, 0.2) is 0 Å². The van der Waals surface area contributed by atoms with Gasteiger partial charge in [-0.25, -0.2) is 0 Å². The minimum absolute atomic E-state index is 0.0831. The third kappa shape index (κ3) is 4.77. The molecule has 16 heavy (non-hydrogen) atoms. The van der Waals surface area contributed by atoms with Crippen LogP contribution in [0.15, 0.2) is 12.7 Å². The lowest BCUT2D eigenvalue weighted by Gasteiger charge is -2.23. The van der Waals surface area contributed by atoms with E-state index in [1.54, 1.807) is 6.08 Å². The molecule has 1 atom stereocenters. The largest absolute Gasteiger partial charge is 0.352 e. The Kier molecular flexibility index (Phi) is 6.11. The highest BCUT2D eigenvalue weighted by atomic mass is 16.2. The van der Waals surface area contributed by atoms with Crippen molar-refractivity contribution >= 4 is 5.91 Å². The van der Waals surface area contributed by atoms with E-state index in [1.165, 1.54) is 12.8 Å². The summed E-state index contributed by atoms with van der Waals surface area (Å²) in [6.45, 7) is 9.71. The molecule has 1 unspecified atom stereocenters. The van der Waals surface area contributed by atoms with Crippen LogP contribution in [0.3, 0.4) is 0 Å². The molecule has 0 radical (unpaired) electrons. The van der Waals surface area contributed by atoms with Gasteiger partial charge in [0.2, 0.25) is 5.91 Å². The van der Waals surface area contributed by atoms with Crippen LogP contribution in [-0.2, 0) is 4.79 Å². The maximum atomic E-state index is 11.5. The van der Waals surface area contributed by atoms with Crippen molar-refractivity contribution in [3.63, 3.8) is 0 Å². The molecule has 0 aromatic carbocycles. The van der Waals surface area contributed by atoms with Gasteiger partial charge in [0.1, 0.15) is 0 Å². The zero-order chi connectivity index (χ0) is 11.8. The standard InChI is InChI=1S/C12H23N3O/c1-3-7-14-12(16)10-15(4-2)9-11-6-5-8-13-11/h3,11,13H,1,4-10H2,2H3,(H,14,16). The molecule has 0 aromatic rings. The van der Waals surface area contributed by atoms with Gasteiger partial charge in [0, 0.05) is 19.1 Å². The minimum atomic E-state index is 0.0831. The minimum Gasteiger partial charge on any atom is -0.352 e. The van der Waals surface area contributed by atoms with Gasteiger partial charge in [0.05, 0.1) is 6.54 Å². The number of nitrogens with one attached hydrogen (secondary N) is 2. The van der Waals surface area contributed by atoms with Crippen LogP contribution >= 0.6 is 0 Å². The van der Waals surface area contributed by atoms with E-state index in [9.17, 15) is 4.79 Å². The molecule has 0 spiro atoms. The molecule has 1 heterocycles. The summed E-state index contributed by atoms with van der Waals surface area (Å²) in [4.78, 5) is 13.7. The van der Waals surface area contributed by atoms with Crippen LogP contribution in [0.2, 0.25) is 0 Å². The van der Waals surface area contributed by atoms with E-state index >= 15 is 0 Å². The van der Waals surface area contributed by atoms with Gasteiger partial charge < -0.3 is 10.6 Å². The van der Waals surface area contributed by atoms with E-state index in [-0.39, 0.29) is 5.91 Å². The number of likely N-dealkylation sites (N-methyl/N-ethyl adjacent to an activating group) is 1. The highest BCUT2D eigenvalue weighted by Crippen LogP contribution is 2.06. The predicted octanol–water partition coefficient (Wildman–Crippen LogP) is 0.363. The Hall–Kier alpha value is -0.870. The van der Waals surface area contributed by atoms with Gasteiger partial charge in [0.25, 0.3) is 0 Å². The summed E-state index contributed by atoms with van der Waals surface area (Å²) in [5.74, 6) is 0.0831. The summed E-state index contributed by atoms with van der Waals surface area (Å²) in [7, 11) is 0. The Balaban J connectivity index is 2.24. The molecule has 0 aliphatic carbocycles. The van der Waals surface area contributed by atoms with E-state index in [4.69, 9.17) is 0 Å². The van der Waals surface area contributed by atoms with Gasteiger partial charge in [-0.15, -0.1) is 6.58 Å². The van der Waals surface area contributed by atoms with E-state index in [0.29, 0.717) is 19.1 Å². The van der Waals surface area contributed by atoms with E-state index in [2.05, 4.69) is 29.0 Å². The first-order valence-corrected chi connectivity index (χ1v) is 6.09. The van der Waals surface area contributed by atoms with Crippen LogP contribution in [-0.4, -0.2) is 49.6 Å². The summed E-state index contributed by atoms with van der Waals surface area (Å²) in [5, 5.41) is 6.25. The highest BCUT2D eigenvalue weighted by molar-refractivity contribution is 5.78. The predicted molar refractivity (Wildman–Crippen MR) is 66.3 cm³/mol. The average Bonchev–Trinajstić information content (AvgIpc) is 2.78. The van der Waals surface area contributed by atoms with Crippen LogP contribution in [0, 0.1) is 0 Å². The Bertz CT molecular complexity index is 224. The molecule has 1 amide bonds. The van der Waals surface area contributed by atoms with Gasteiger partial charge >= 0.3 is 0 Å². The summed E-state index contributed by atoms with van der Waals surface area (Å²) in [6.07, 6.45) is 4.18. The van der Waals surface area contributed by atoms with Gasteiger partial charge in [-0.3, -0.25) is 9.69 Å². The maximum absolute atomic E-state index is 11.5. The number of hydrogen-bond acceptors (Lipinski definition) is 3. The zero-order valence-corrected chi connectivity index (χ0v) is 10.2. The molecule has 1 rings (SSSR count). The lowest BCUT2D eigenvalue weighted by atomic mass is 10.2. The molecule has 0 bridgehead atoms. The molecule has 1 aliphatic heterocycles. The van der Waals surface area contributed by atoms with Crippen molar-refractivity contribution in [2.24, 2.45) is 0 Å². The summed E-state index contributed by atoms with van der Waals surface area (Å²) >= 11 is 0. The fourth-order valence-corrected chi connectivity index (χ4v) is 1.97. The molecule has 1 saturated heterocycles. The zero-order valence-electron chi connectivity index (χ0n) is 10.2. The highest BCUT2D eigenvalue weighted by Gasteiger charge is 2.18. The molecule has 1 aliphatic rings. The van der Waals surface area contributed by atoms with Crippen molar-refractivity contribution < 1.29 is 4.79 Å². The van der Waals surface area contributed by atoms with E-state index in [1.807, 2.05) is 0 Å². The SMILES string of the molecule is C=CCNC(=O)CN(CC)CC1CCCN1. The molecular formula is C12H23N3O. The maximum Gasteiger partial charge on any atom is 0.234 e. The molecule has 4 heteroatoms. The third-order valence-electron chi connectivity index (χ3n) is 2.90. The van der Waals surface area contributed by atoms with Crippen molar-refractivity contribution in [3.05, 3.63) is 12.7 Å². The van der Waals surface area contributed by atoms with Crippen LogP contribution in [0.1, 0.15) is 19.8 Å². The third-order valence-corrected chi connectivity index (χ3v) is 2.90. The molecule has 92 valence electrons. The molecule has 0 saturated carbocycles. The second-order valence-corrected chi connectivity index (χ2v) is 4.21. The lowest BCUT2D eigenvalue weighted by Crippen LogP contribution is -2.43. The quantitative estimate of drug-likeness (QED) is 0.615. The van der Waals surface area contributed by atoms with Crippen molar-refractivity contribution in [3.8, 4) is 0 Å². The van der Waals surface area contributed by atoms with Crippen molar-refractivity contribution in [1.82, 2.24) is 15.5 Å². The summed E-state index contributed by atoms with van der Waals surface area (Å²) < 4.78 is 0. The van der Waals surface area contributed by atoms with E-state index in [0.717, 1.165) is 19.6 Å². The first kappa shape index (κ1) is 13.2. The topological polar surface area (TPSA) is 44.4 Å². The van der Waals surface area contributed by atoms with Gasteiger partial charge in [-0.05, 0) is 25.9 Å². The summed E-state index contributed by atoms with van der Waals surface area (Å²) in [5.41, 5.74) is 0. The van der Waals surface area contributed by atoms with Gasteiger partial charge in [-0.1, -0.05) is 13.0 Å². The molecule has 4 nitrogen and oxygen atoms in total. The number of hydrogen-bond donors (Lipinski definition) is 2. The monoisotopic (exact) mass is 225 g/mol. The Labute approximate surface area is 98.1 Å². The fraction of sp³-hybridized carbons (Fsp3) is 0.750. The molecule has 1 fully saturated rings. The Morgan fingerprint density at radius 1 is 1.69 bits per heavy atom. The first-order chi connectivity index (χ1) is 7.76. The normalized spacial score (nSPS) is 20.0. The van der Waals surface area contributed by atoms with Crippen LogP contribution < -0.4 is 10.6 Å². The number of nitrogens with zero attached hydrogens (tertiary/aromatic N) is 1. The number of carbonyl (C=O) groups excluding carboxylic acids is 1. The smallest absolute Gasteiger partial charge is 0.234 e. The van der Waals surface area contributed by atoms with Crippen LogP contribution in [0.4, 0.5) is 0 Å². The number of rotatable bonds is 7. The fourth-order valence-electron chi connectivity index (χ4n) is 1.97. The Morgan fingerprint density at radius 3 is 3.06 bits per heavy atom. The molecular weight excluding hydrogens is 202 g/mol. The number of carbonyl (C=O) groups is 1.